The monoisotopic (exact) mass is 274 g/mol. The van der Waals surface area contributed by atoms with Gasteiger partial charge in [0.05, 0.1) is 11.0 Å². The van der Waals surface area contributed by atoms with Crippen molar-refractivity contribution in [2.75, 3.05) is 0 Å². The van der Waals surface area contributed by atoms with Crippen LogP contribution in [0.25, 0.3) is 21.8 Å². The van der Waals surface area contributed by atoms with E-state index in [-0.39, 0.29) is 0 Å². The second-order valence-corrected chi connectivity index (χ2v) is 5.12. The largest absolute Gasteiger partial charge is 0.380 e. The summed E-state index contributed by atoms with van der Waals surface area (Å²) in [7, 11) is 0. The average Bonchev–Trinajstić information content (AvgIpc) is 2.99. The standard InChI is InChI=1S/C18H14N2O/c21-17(13-7-2-1-3-8-13)18-19-15-11-10-12-6-4-5-9-14(12)16(15)20-18/h1-11,17,21H,(H,19,20)/t17-/m0/s1. The zero-order chi connectivity index (χ0) is 14.2. The molecule has 2 N–H and O–H groups in total. The summed E-state index contributed by atoms with van der Waals surface area (Å²) in [6, 6.07) is 21.8. The van der Waals surface area contributed by atoms with E-state index in [1.54, 1.807) is 0 Å². The normalized spacial score (nSPS) is 12.8. The van der Waals surface area contributed by atoms with E-state index in [1.807, 2.05) is 48.5 Å². The Morgan fingerprint density at radius 2 is 1.62 bits per heavy atom. The van der Waals surface area contributed by atoms with E-state index in [4.69, 9.17) is 0 Å². The maximum absolute atomic E-state index is 10.5. The predicted octanol–water partition coefficient (Wildman–Crippen LogP) is 3.80. The lowest BCUT2D eigenvalue weighted by Gasteiger charge is -2.06. The molecule has 0 fully saturated rings. The number of aliphatic hydroxyl groups is 1. The van der Waals surface area contributed by atoms with Crippen LogP contribution in [-0.4, -0.2) is 15.1 Å². The van der Waals surface area contributed by atoms with Gasteiger partial charge in [0, 0.05) is 5.39 Å². The minimum absolute atomic E-state index is 0.576. The molecule has 1 aromatic heterocycles. The molecule has 0 saturated heterocycles. The number of fused-ring (bicyclic) bond motifs is 3. The predicted molar refractivity (Wildman–Crippen MR) is 84.1 cm³/mol. The molecule has 0 aliphatic heterocycles. The SMILES string of the molecule is O[C@@H](c1ccccc1)c1nc2c(ccc3ccccc32)[nH]1. The van der Waals surface area contributed by atoms with Crippen molar-refractivity contribution in [2.45, 2.75) is 6.10 Å². The fraction of sp³-hybridized carbons (Fsp3) is 0.0556. The van der Waals surface area contributed by atoms with Crippen molar-refractivity contribution < 1.29 is 5.11 Å². The fourth-order valence-electron chi connectivity index (χ4n) is 2.69. The number of rotatable bonds is 2. The van der Waals surface area contributed by atoms with Crippen molar-refractivity contribution >= 4 is 21.8 Å². The van der Waals surface area contributed by atoms with Crippen LogP contribution in [0.2, 0.25) is 0 Å². The molecule has 0 saturated carbocycles. The molecule has 0 aliphatic carbocycles. The molecular weight excluding hydrogens is 260 g/mol. The van der Waals surface area contributed by atoms with Gasteiger partial charge < -0.3 is 10.1 Å². The molecule has 1 heterocycles. The Balaban J connectivity index is 1.89. The number of hydrogen-bond acceptors (Lipinski definition) is 2. The molecule has 0 aliphatic rings. The van der Waals surface area contributed by atoms with Crippen LogP contribution in [0, 0.1) is 0 Å². The Bertz CT molecular complexity index is 912. The number of nitrogens with zero attached hydrogens (tertiary/aromatic N) is 1. The van der Waals surface area contributed by atoms with Gasteiger partial charge in [-0.25, -0.2) is 4.98 Å². The molecule has 0 amide bonds. The molecule has 4 aromatic rings. The zero-order valence-electron chi connectivity index (χ0n) is 11.3. The smallest absolute Gasteiger partial charge is 0.140 e. The highest BCUT2D eigenvalue weighted by Crippen LogP contribution is 2.27. The van der Waals surface area contributed by atoms with Crippen molar-refractivity contribution in [1.82, 2.24) is 9.97 Å². The van der Waals surface area contributed by atoms with Crippen molar-refractivity contribution in [3.8, 4) is 0 Å². The second-order valence-electron chi connectivity index (χ2n) is 5.12. The highest BCUT2D eigenvalue weighted by molar-refractivity contribution is 6.04. The lowest BCUT2D eigenvalue weighted by Crippen LogP contribution is -2.01. The van der Waals surface area contributed by atoms with E-state index >= 15 is 0 Å². The van der Waals surface area contributed by atoms with Gasteiger partial charge in [-0.05, 0) is 17.0 Å². The van der Waals surface area contributed by atoms with E-state index in [2.05, 4.69) is 28.2 Å². The number of aromatic nitrogens is 2. The van der Waals surface area contributed by atoms with Crippen LogP contribution in [0.3, 0.4) is 0 Å². The lowest BCUT2D eigenvalue weighted by molar-refractivity contribution is 0.211. The summed E-state index contributed by atoms with van der Waals surface area (Å²) < 4.78 is 0. The molecule has 4 rings (SSSR count). The first kappa shape index (κ1) is 12.1. The Labute approximate surface area is 121 Å². The van der Waals surface area contributed by atoms with Crippen LogP contribution in [0.1, 0.15) is 17.5 Å². The maximum Gasteiger partial charge on any atom is 0.140 e. The van der Waals surface area contributed by atoms with E-state index in [1.165, 1.54) is 0 Å². The second kappa shape index (κ2) is 4.72. The Kier molecular flexibility index (Phi) is 2.72. The third kappa shape index (κ3) is 1.99. The Hall–Kier alpha value is -2.65. The number of aliphatic hydroxyl groups excluding tert-OH is 1. The van der Waals surface area contributed by atoms with Gasteiger partial charge >= 0.3 is 0 Å². The summed E-state index contributed by atoms with van der Waals surface area (Å²) in [4.78, 5) is 7.84. The van der Waals surface area contributed by atoms with Gasteiger partial charge in [-0.1, -0.05) is 60.7 Å². The van der Waals surface area contributed by atoms with E-state index in [0.29, 0.717) is 5.82 Å². The number of nitrogens with one attached hydrogen (secondary N) is 1. The average molecular weight is 274 g/mol. The first-order valence-corrected chi connectivity index (χ1v) is 6.93. The van der Waals surface area contributed by atoms with Gasteiger partial charge in [0.1, 0.15) is 11.9 Å². The number of aromatic amines is 1. The molecule has 21 heavy (non-hydrogen) atoms. The van der Waals surface area contributed by atoms with Crippen molar-refractivity contribution in [1.29, 1.82) is 0 Å². The molecule has 0 radical (unpaired) electrons. The van der Waals surface area contributed by atoms with Crippen LogP contribution in [0.15, 0.2) is 66.7 Å². The van der Waals surface area contributed by atoms with Crippen LogP contribution in [0.4, 0.5) is 0 Å². The molecule has 0 unspecified atom stereocenters. The van der Waals surface area contributed by atoms with Crippen molar-refractivity contribution in [2.24, 2.45) is 0 Å². The van der Waals surface area contributed by atoms with Gasteiger partial charge in [-0.3, -0.25) is 0 Å². The van der Waals surface area contributed by atoms with Gasteiger partial charge in [-0.15, -0.1) is 0 Å². The first-order chi connectivity index (χ1) is 10.3. The van der Waals surface area contributed by atoms with Crippen LogP contribution in [0.5, 0.6) is 0 Å². The summed E-state index contributed by atoms with van der Waals surface area (Å²) >= 11 is 0. The molecule has 0 spiro atoms. The van der Waals surface area contributed by atoms with Gasteiger partial charge in [0.2, 0.25) is 0 Å². The van der Waals surface area contributed by atoms with Crippen molar-refractivity contribution in [3.63, 3.8) is 0 Å². The molecule has 3 aromatic carbocycles. The van der Waals surface area contributed by atoms with Crippen LogP contribution >= 0.6 is 0 Å². The van der Waals surface area contributed by atoms with Gasteiger partial charge in [-0.2, -0.15) is 0 Å². The number of H-pyrrole nitrogens is 1. The molecule has 3 nitrogen and oxygen atoms in total. The summed E-state index contributed by atoms with van der Waals surface area (Å²) in [5.41, 5.74) is 2.68. The number of hydrogen-bond donors (Lipinski definition) is 2. The van der Waals surface area contributed by atoms with E-state index in [0.717, 1.165) is 27.4 Å². The fourth-order valence-corrected chi connectivity index (χ4v) is 2.69. The van der Waals surface area contributed by atoms with Crippen molar-refractivity contribution in [3.05, 3.63) is 78.1 Å². The lowest BCUT2D eigenvalue weighted by atomic mass is 10.1. The molecular formula is C18H14N2O. The summed E-state index contributed by atoms with van der Waals surface area (Å²) in [6.07, 6.45) is -0.739. The van der Waals surface area contributed by atoms with E-state index < -0.39 is 6.10 Å². The Morgan fingerprint density at radius 3 is 2.48 bits per heavy atom. The quantitative estimate of drug-likeness (QED) is 0.584. The van der Waals surface area contributed by atoms with Crippen LogP contribution in [-0.2, 0) is 0 Å². The van der Waals surface area contributed by atoms with Crippen LogP contribution < -0.4 is 0 Å². The summed E-state index contributed by atoms with van der Waals surface area (Å²) in [5, 5.41) is 12.7. The maximum atomic E-state index is 10.5. The molecule has 3 heteroatoms. The molecule has 102 valence electrons. The van der Waals surface area contributed by atoms with Gasteiger partial charge in [0.15, 0.2) is 0 Å². The van der Waals surface area contributed by atoms with Gasteiger partial charge in [0.25, 0.3) is 0 Å². The molecule has 1 atom stereocenters. The third-order valence-corrected chi connectivity index (χ3v) is 3.77. The third-order valence-electron chi connectivity index (χ3n) is 3.77. The summed E-state index contributed by atoms with van der Waals surface area (Å²) in [6.45, 7) is 0. The number of imidazole rings is 1. The highest BCUT2D eigenvalue weighted by Gasteiger charge is 2.15. The Morgan fingerprint density at radius 1 is 0.857 bits per heavy atom. The summed E-state index contributed by atoms with van der Waals surface area (Å²) in [5.74, 6) is 0.576. The number of benzene rings is 3. The minimum Gasteiger partial charge on any atom is -0.380 e. The minimum atomic E-state index is -0.739. The topological polar surface area (TPSA) is 48.9 Å². The first-order valence-electron chi connectivity index (χ1n) is 6.93. The van der Waals surface area contributed by atoms with E-state index in [9.17, 15) is 5.11 Å². The zero-order valence-corrected chi connectivity index (χ0v) is 11.3. The molecule has 0 bridgehead atoms. The highest BCUT2D eigenvalue weighted by atomic mass is 16.3.